The third-order valence-corrected chi connectivity index (χ3v) is 5.63. The Balaban J connectivity index is 1.91. The van der Waals surface area contributed by atoms with Gasteiger partial charge in [0.15, 0.2) is 5.69 Å². The number of ether oxygens (including phenoxy) is 1. The molecule has 4 rings (SSSR count). The van der Waals surface area contributed by atoms with Crippen LogP contribution < -0.4 is 15.2 Å². The number of anilines is 1. The summed E-state index contributed by atoms with van der Waals surface area (Å²) >= 11 is 0. The Labute approximate surface area is 176 Å². The third kappa shape index (κ3) is 3.36. The first-order valence-corrected chi connectivity index (χ1v) is 10.4. The van der Waals surface area contributed by atoms with Crippen molar-refractivity contribution in [2.75, 3.05) is 18.6 Å². The van der Waals surface area contributed by atoms with Gasteiger partial charge in [-0.2, -0.15) is 5.10 Å². The zero-order valence-electron chi connectivity index (χ0n) is 17.9. The van der Waals surface area contributed by atoms with E-state index in [0.29, 0.717) is 35.3 Å². The van der Waals surface area contributed by atoms with E-state index < -0.39 is 0 Å². The average molecular weight is 405 g/mol. The number of aromatic nitrogens is 2. The van der Waals surface area contributed by atoms with Crippen molar-refractivity contribution in [1.82, 2.24) is 9.78 Å². The van der Waals surface area contributed by atoms with Crippen LogP contribution in [0.4, 0.5) is 5.69 Å². The molecule has 0 spiro atoms. The van der Waals surface area contributed by atoms with Crippen molar-refractivity contribution in [3.8, 4) is 5.75 Å². The lowest BCUT2D eigenvalue weighted by atomic mass is 9.95. The van der Waals surface area contributed by atoms with Crippen LogP contribution in [0, 0.1) is 12.8 Å². The molecule has 1 amide bonds. The molecule has 156 valence electrons. The second-order valence-corrected chi connectivity index (χ2v) is 8.25. The van der Waals surface area contributed by atoms with Crippen LogP contribution >= 0.6 is 0 Å². The maximum Gasteiger partial charge on any atom is 0.279 e. The summed E-state index contributed by atoms with van der Waals surface area (Å²) in [5.74, 6) is 0.717. The fraction of sp³-hybridized carbons (Fsp3) is 0.375. The molecular weight excluding hydrogens is 378 g/mol. The maximum atomic E-state index is 13.8. The highest BCUT2D eigenvalue weighted by atomic mass is 16.5. The summed E-state index contributed by atoms with van der Waals surface area (Å²) in [4.78, 5) is 28.5. The molecule has 0 unspecified atom stereocenters. The first kappa shape index (κ1) is 20.1. The molecule has 0 saturated carbocycles. The maximum absolute atomic E-state index is 13.8. The summed E-state index contributed by atoms with van der Waals surface area (Å²) in [5.41, 5.74) is 3.24. The number of aryl methyl sites for hydroxylation is 1. The number of nitrogens with zero attached hydrogens (tertiary/aromatic N) is 3. The van der Waals surface area contributed by atoms with E-state index in [2.05, 4.69) is 12.0 Å². The van der Waals surface area contributed by atoms with Gasteiger partial charge in [-0.15, -0.1) is 0 Å². The quantitative estimate of drug-likeness (QED) is 0.659. The van der Waals surface area contributed by atoms with Gasteiger partial charge in [0.25, 0.3) is 11.5 Å². The van der Waals surface area contributed by atoms with Crippen LogP contribution in [-0.2, 0) is 13.0 Å². The van der Waals surface area contributed by atoms with Gasteiger partial charge in [-0.25, -0.2) is 4.68 Å². The van der Waals surface area contributed by atoms with Crippen LogP contribution in [0.25, 0.3) is 10.8 Å². The van der Waals surface area contributed by atoms with Gasteiger partial charge in [0, 0.05) is 18.5 Å². The summed E-state index contributed by atoms with van der Waals surface area (Å²) in [6.45, 7) is 7.16. The molecule has 1 aliphatic rings. The zero-order valence-corrected chi connectivity index (χ0v) is 17.9. The number of hydrogen-bond donors (Lipinski definition) is 0. The lowest BCUT2D eigenvalue weighted by Gasteiger charge is -2.32. The first-order valence-electron chi connectivity index (χ1n) is 10.4. The minimum absolute atomic E-state index is 0.164. The van der Waals surface area contributed by atoms with Gasteiger partial charge < -0.3 is 9.64 Å². The number of methoxy groups -OCH3 is 1. The molecule has 6 nitrogen and oxygen atoms in total. The summed E-state index contributed by atoms with van der Waals surface area (Å²) in [6.07, 6.45) is 1.78. The van der Waals surface area contributed by atoms with E-state index in [0.717, 1.165) is 29.7 Å². The summed E-state index contributed by atoms with van der Waals surface area (Å²) < 4.78 is 7.03. The topological polar surface area (TPSA) is 64.4 Å². The molecule has 1 aromatic heterocycles. The molecule has 0 atom stereocenters. The van der Waals surface area contributed by atoms with Crippen molar-refractivity contribution in [2.24, 2.45) is 5.92 Å². The van der Waals surface area contributed by atoms with Gasteiger partial charge in [0.2, 0.25) is 0 Å². The highest BCUT2D eigenvalue weighted by molar-refractivity contribution is 6.13. The van der Waals surface area contributed by atoms with Crippen LogP contribution in [0.5, 0.6) is 5.75 Å². The summed E-state index contributed by atoms with van der Waals surface area (Å²) in [7, 11) is 1.62. The Morgan fingerprint density at radius 1 is 1.17 bits per heavy atom. The van der Waals surface area contributed by atoms with E-state index in [9.17, 15) is 9.59 Å². The molecule has 0 radical (unpaired) electrons. The highest BCUT2D eigenvalue weighted by Gasteiger charge is 2.30. The Bertz CT molecular complexity index is 1180. The molecule has 30 heavy (non-hydrogen) atoms. The van der Waals surface area contributed by atoms with Crippen molar-refractivity contribution in [1.29, 1.82) is 0 Å². The van der Waals surface area contributed by atoms with Crippen molar-refractivity contribution in [3.05, 3.63) is 63.6 Å². The minimum atomic E-state index is -0.200. The van der Waals surface area contributed by atoms with Crippen LogP contribution in [-0.4, -0.2) is 29.3 Å². The van der Waals surface area contributed by atoms with Crippen molar-refractivity contribution in [3.63, 3.8) is 0 Å². The van der Waals surface area contributed by atoms with Gasteiger partial charge in [-0.1, -0.05) is 38.1 Å². The highest BCUT2D eigenvalue weighted by Crippen LogP contribution is 2.39. The van der Waals surface area contributed by atoms with Gasteiger partial charge >= 0.3 is 0 Å². The Kier molecular flexibility index (Phi) is 5.33. The number of amides is 1. The van der Waals surface area contributed by atoms with Crippen molar-refractivity contribution in [2.45, 2.75) is 40.2 Å². The van der Waals surface area contributed by atoms with E-state index in [1.165, 1.54) is 4.68 Å². The average Bonchev–Trinajstić information content (AvgIpc) is 2.75. The normalized spacial score (nSPS) is 13.6. The largest absolute Gasteiger partial charge is 0.495 e. The molecule has 2 aromatic carbocycles. The molecule has 2 heterocycles. The molecule has 0 fully saturated rings. The Morgan fingerprint density at radius 3 is 2.60 bits per heavy atom. The second-order valence-electron chi connectivity index (χ2n) is 8.25. The fourth-order valence-electron chi connectivity index (χ4n) is 4.21. The smallest absolute Gasteiger partial charge is 0.279 e. The van der Waals surface area contributed by atoms with Crippen LogP contribution in [0.15, 0.2) is 41.2 Å². The lowest BCUT2D eigenvalue weighted by molar-refractivity contribution is 0.0978. The second kappa shape index (κ2) is 7.94. The van der Waals surface area contributed by atoms with Crippen LogP contribution in [0.3, 0.4) is 0 Å². The van der Waals surface area contributed by atoms with E-state index in [4.69, 9.17) is 4.74 Å². The zero-order chi connectivity index (χ0) is 21.4. The molecule has 0 bridgehead atoms. The summed E-state index contributed by atoms with van der Waals surface area (Å²) in [6, 6.07) is 11.2. The fourth-order valence-corrected chi connectivity index (χ4v) is 4.21. The number of benzene rings is 2. The van der Waals surface area contributed by atoms with Crippen LogP contribution in [0.2, 0.25) is 0 Å². The Morgan fingerprint density at radius 2 is 1.90 bits per heavy atom. The lowest BCUT2D eigenvalue weighted by Crippen LogP contribution is -2.38. The van der Waals surface area contributed by atoms with Gasteiger partial charge in [-0.3, -0.25) is 9.59 Å². The summed E-state index contributed by atoms with van der Waals surface area (Å²) in [5, 5.41) is 5.65. The van der Waals surface area contributed by atoms with Crippen molar-refractivity contribution < 1.29 is 9.53 Å². The minimum Gasteiger partial charge on any atom is -0.495 e. The number of hydrogen-bond acceptors (Lipinski definition) is 4. The standard InChI is InChI=1S/C24H27N3O3/c1-15(2)14-27-23(28)19-9-6-5-8-18(19)21(25-27)24(29)26-13-7-10-17-16(3)11-12-20(30-4)22(17)26/h5-6,8-9,11-12,15H,7,10,13-14H2,1-4H3. The molecule has 0 saturated heterocycles. The third-order valence-electron chi connectivity index (χ3n) is 5.63. The number of carbonyl (C=O) groups is 1. The number of carbonyl (C=O) groups excluding carboxylic acids is 1. The Hall–Kier alpha value is -3.15. The molecule has 3 aromatic rings. The van der Waals surface area contributed by atoms with E-state index in [1.54, 1.807) is 24.1 Å². The number of fused-ring (bicyclic) bond motifs is 2. The predicted octanol–water partition coefficient (Wildman–Crippen LogP) is 3.96. The molecule has 6 heteroatoms. The predicted molar refractivity (Wildman–Crippen MR) is 119 cm³/mol. The molecular formula is C24H27N3O3. The van der Waals surface area contributed by atoms with E-state index in [-0.39, 0.29) is 17.4 Å². The van der Waals surface area contributed by atoms with Gasteiger partial charge in [0.1, 0.15) is 5.75 Å². The van der Waals surface area contributed by atoms with Gasteiger partial charge in [-0.05, 0) is 48.9 Å². The monoisotopic (exact) mass is 405 g/mol. The van der Waals surface area contributed by atoms with E-state index in [1.807, 2.05) is 38.1 Å². The SMILES string of the molecule is COc1ccc(C)c2c1N(C(=O)c1nn(CC(C)C)c(=O)c3ccccc13)CCC2. The molecule has 0 N–H and O–H groups in total. The number of rotatable bonds is 4. The molecule has 0 aliphatic carbocycles. The molecule has 1 aliphatic heterocycles. The van der Waals surface area contributed by atoms with E-state index >= 15 is 0 Å². The first-order chi connectivity index (χ1) is 14.4. The van der Waals surface area contributed by atoms with Crippen molar-refractivity contribution >= 4 is 22.4 Å². The van der Waals surface area contributed by atoms with Gasteiger partial charge in [0.05, 0.1) is 18.2 Å². The van der Waals surface area contributed by atoms with Crippen LogP contribution in [0.1, 0.15) is 41.9 Å².